The predicted octanol–water partition coefficient (Wildman–Crippen LogP) is 1.58. The van der Waals surface area contributed by atoms with Gasteiger partial charge < -0.3 is 11.1 Å². The zero-order valence-electron chi connectivity index (χ0n) is 8.70. The quantitative estimate of drug-likeness (QED) is 0.676. The molecule has 0 aliphatic rings. The van der Waals surface area contributed by atoms with Crippen molar-refractivity contribution in [2.45, 2.75) is 25.7 Å². The monoisotopic (exact) mass is 213 g/mol. The van der Waals surface area contributed by atoms with Crippen LogP contribution in [0.4, 0.5) is 0 Å². The van der Waals surface area contributed by atoms with E-state index in [0.29, 0.717) is 5.92 Å². The van der Waals surface area contributed by atoms with Gasteiger partial charge in [0.15, 0.2) is 0 Å². The van der Waals surface area contributed by atoms with Crippen LogP contribution < -0.4 is 11.1 Å². The Labute approximate surface area is 89.7 Å². The van der Waals surface area contributed by atoms with Crippen LogP contribution in [0.5, 0.6) is 0 Å². The highest BCUT2D eigenvalue weighted by Gasteiger charge is 2.06. The Morgan fingerprint density at radius 3 is 3.07 bits per heavy atom. The van der Waals surface area contributed by atoms with Gasteiger partial charge in [-0.15, -0.1) is 11.3 Å². The smallest absolute Gasteiger partial charge is 0.0965 e. The minimum Gasteiger partial charge on any atom is -0.330 e. The van der Waals surface area contributed by atoms with E-state index in [4.69, 9.17) is 5.73 Å². The van der Waals surface area contributed by atoms with Crippen LogP contribution in [-0.2, 0) is 0 Å². The molecule has 0 saturated carbocycles. The van der Waals surface area contributed by atoms with Gasteiger partial charge in [-0.2, -0.15) is 0 Å². The van der Waals surface area contributed by atoms with E-state index in [1.807, 2.05) is 11.6 Å². The van der Waals surface area contributed by atoms with E-state index in [1.165, 1.54) is 11.4 Å². The van der Waals surface area contributed by atoms with Crippen molar-refractivity contribution in [3.63, 3.8) is 0 Å². The van der Waals surface area contributed by atoms with Crippen molar-refractivity contribution >= 4 is 11.3 Å². The largest absolute Gasteiger partial charge is 0.330 e. The average molecular weight is 213 g/mol. The molecule has 0 aliphatic heterocycles. The Hall–Kier alpha value is -0.450. The minimum atomic E-state index is 0.521. The van der Waals surface area contributed by atoms with Crippen molar-refractivity contribution in [2.75, 3.05) is 19.6 Å². The summed E-state index contributed by atoms with van der Waals surface area (Å²) in [5, 5.41) is 6.67. The van der Waals surface area contributed by atoms with Crippen LogP contribution >= 0.6 is 11.3 Å². The van der Waals surface area contributed by atoms with Gasteiger partial charge in [0.25, 0.3) is 0 Å². The number of nitrogens with two attached hydrogens (primary N) is 1. The molecule has 80 valence electrons. The molecule has 3 N–H and O–H groups in total. The van der Waals surface area contributed by atoms with E-state index in [9.17, 15) is 0 Å². The minimum absolute atomic E-state index is 0.521. The molecular formula is C10H19N3S. The van der Waals surface area contributed by atoms with Crippen LogP contribution in [0.2, 0.25) is 0 Å². The van der Waals surface area contributed by atoms with Crippen molar-refractivity contribution in [2.24, 2.45) is 5.73 Å². The van der Waals surface area contributed by atoms with E-state index in [-0.39, 0.29) is 0 Å². The van der Waals surface area contributed by atoms with E-state index in [2.05, 4.69) is 17.2 Å². The van der Waals surface area contributed by atoms with Gasteiger partial charge in [0.2, 0.25) is 0 Å². The van der Waals surface area contributed by atoms with Crippen LogP contribution in [0, 0.1) is 0 Å². The van der Waals surface area contributed by atoms with Crippen molar-refractivity contribution < 1.29 is 0 Å². The molecule has 0 radical (unpaired) electrons. The molecule has 1 aromatic heterocycles. The molecule has 1 rings (SSSR count). The fourth-order valence-corrected chi connectivity index (χ4v) is 1.98. The second-order valence-electron chi connectivity index (χ2n) is 3.47. The Morgan fingerprint density at radius 1 is 1.57 bits per heavy atom. The van der Waals surface area contributed by atoms with Gasteiger partial charge in [-0.05, 0) is 25.9 Å². The molecule has 14 heavy (non-hydrogen) atoms. The SMILES string of the molecule is CC(CNCCCCN)c1nccs1. The first kappa shape index (κ1) is 11.6. The summed E-state index contributed by atoms with van der Waals surface area (Å²) in [7, 11) is 0. The predicted molar refractivity (Wildman–Crippen MR) is 61.7 cm³/mol. The fourth-order valence-electron chi connectivity index (χ4n) is 1.28. The molecular weight excluding hydrogens is 194 g/mol. The molecule has 4 heteroatoms. The van der Waals surface area contributed by atoms with Crippen LogP contribution in [0.3, 0.4) is 0 Å². The molecule has 0 aliphatic carbocycles. The number of hydrogen-bond donors (Lipinski definition) is 2. The number of thiazole rings is 1. The molecule has 0 saturated heterocycles. The number of nitrogens with one attached hydrogen (secondary N) is 1. The first-order chi connectivity index (χ1) is 6.84. The zero-order valence-corrected chi connectivity index (χ0v) is 9.52. The molecule has 1 unspecified atom stereocenters. The molecule has 0 aromatic carbocycles. The Balaban J connectivity index is 2.07. The fraction of sp³-hybridized carbons (Fsp3) is 0.700. The van der Waals surface area contributed by atoms with Crippen molar-refractivity contribution in [3.05, 3.63) is 16.6 Å². The molecule has 0 bridgehead atoms. The number of hydrogen-bond acceptors (Lipinski definition) is 4. The van der Waals surface area contributed by atoms with Gasteiger partial charge in [0.1, 0.15) is 0 Å². The average Bonchev–Trinajstić information content (AvgIpc) is 2.70. The summed E-state index contributed by atoms with van der Waals surface area (Å²) < 4.78 is 0. The van der Waals surface area contributed by atoms with Crippen LogP contribution in [0.25, 0.3) is 0 Å². The summed E-state index contributed by atoms with van der Waals surface area (Å²) in [6.45, 7) is 5.07. The number of rotatable bonds is 7. The van der Waals surface area contributed by atoms with Crippen LogP contribution in [0.15, 0.2) is 11.6 Å². The lowest BCUT2D eigenvalue weighted by atomic mass is 10.2. The molecule has 1 heterocycles. The lowest BCUT2D eigenvalue weighted by Crippen LogP contribution is -2.21. The standard InChI is InChI=1S/C10H19N3S/c1-9(10-13-6-7-14-10)8-12-5-3-2-4-11/h6-7,9,12H,2-5,8,11H2,1H3. The maximum Gasteiger partial charge on any atom is 0.0965 e. The van der Waals surface area contributed by atoms with E-state index in [0.717, 1.165) is 26.1 Å². The lowest BCUT2D eigenvalue weighted by Gasteiger charge is -2.09. The van der Waals surface area contributed by atoms with Gasteiger partial charge in [-0.1, -0.05) is 6.92 Å². The van der Waals surface area contributed by atoms with Crippen LogP contribution in [-0.4, -0.2) is 24.6 Å². The topological polar surface area (TPSA) is 50.9 Å². The van der Waals surface area contributed by atoms with Crippen LogP contribution in [0.1, 0.15) is 30.7 Å². The van der Waals surface area contributed by atoms with Gasteiger partial charge >= 0.3 is 0 Å². The Bertz CT molecular complexity index is 223. The van der Waals surface area contributed by atoms with E-state index >= 15 is 0 Å². The first-order valence-electron chi connectivity index (χ1n) is 5.14. The maximum absolute atomic E-state index is 5.41. The second-order valence-corrected chi connectivity index (χ2v) is 4.40. The summed E-state index contributed by atoms with van der Waals surface area (Å²) in [5.74, 6) is 0.521. The Kier molecular flexibility index (Phi) is 5.75. The summed E-state index contributed by atoms with van der Waals surface area (Å²) in [6.07, 6.45) is 4.14. The molecule has 1 aromatic rings. The number of unbranched alkanes of at least 4 members (excludes halogenated alkanes) is 1. The zero-order chi connectivity index (χ0) is 10.2. The third-order valence-corrected chi connectivity index (χ3v) is 3.14. The van der Waals surface area contributed by atoms with Gasteiger partial charge in [-0.25, -0.2) is 4.98 Å². The van der Waals surface area contributed by atoms with Gasteiger partial charge in [-0.3, -0.25) is 0 Å². The molecule has 0 spiro atoms. The molecule has 3 nitrogen and oxygen atoms in total. The van der Waals surface area contributed by atoms with Crippen molar-refractivity contribution in [1.82, 2.24) is 10.3 Å². The second kappa shape index (κ2) is 6.92. The summed E-state index contributed by atoms with van der Waals surface area (Å²) in [6, 6.07) is 0. The highest BCUT2D eigenvalue weighted by Crippen LogP contribution is 2.16. The van der Waals surface area contributed by atoms with Crippen molar-refractivity contribution in [1.29, 1.82) is 0 Å². The molecule has 0 fully saturated rings. The third kappa shape index (κ3) is 4.17. The highest BCUT2D eigenvalue weighted by molar-refractivity contribution is 7.09. The highest BCUT2D eigenvalue weighted by atomic mass is 32.1. The number of aromatic nitrogens is 1. The lowest BCUT2D eigenvalue weighted by molar-refractivity contribution is 0.583. The van der Waals surface area contributed by atoms with Gasteiger partial charge in [0.05, 0.1) is 5.01 Å². The van der Waals surface area contributed by atoms with E-state index in [1.54, 1.807) is 11.3 Å². The third-order valence-electron chi connectivity index (χ3n) is 2.13. The van der Waals surface area contributed by atoms with E-state index < -0.39 is 0 Å². The number of nitrogens with zero attached hydrogens (tertiary/aromatic N) is 1. The first-order valence-corrected chi connectivity index (χ1v) is 6.02. The maximum atomic E-state index is 5.41. The normalized spacial score (nSPS) is 13.0. The van der Waals surface area contributed by atoms with Crippen molar-refractivity contribution in [3.8, 4) is 0 Å². The molecule has 1 atom stereocenters. The van der Waals surface area contributed by atoms with Gasteiger partial charge in [0, 0.05) is 24.0 Å². The summed E-state index contributed by atoms with van der Waals surface area (Å²) in [4.78, 5) is 4.29. The molecule has 0 amide bonds. The summed E-state index contributed by atoms with van der Waals surface area (Å²) in [5.41, 5.74) is 5.41. The summed E-state index contributed by atoms with van der Waals surface area (Å²) >= 11 is 1.73. The Morgan fingerprint density at radius 2 is 2.43 bits per heavy atom.